The zero-order valence-corrected chi connectivity index (χ0v) is 28.3. The molecule has 5 nitrogen and oxygen atoms in total. The minimum Gasteiger partial charge on any atom is -0.308 e. The van der Waals surface area contributed by atoms with Gasteiger partial charge in [0.15, 0.2) is 5.82 Å². The van der Waals surface area contributed by atoms with Crippen LogP contribution in [0.15, 0.2) is 164 Å². The van der Waals surface area contributed by atoms with E-state index in [0.717, 1.165) is 38.8 Å². The predicted octanol–water partition coefficient (Wildman–Crippen LogP) is 12.1. The lowest BCUT2D eigenvalue weighted by Crippen LogP contribution is -2.07. The molecule has 13 aromatic rings. The lowest BCUT2D eigenvalue weighted by Gasteiger charge is -2.14. The summed E-state index contributed by atoms with van der Waals surface area (Å²) in [6, 6.07) is 59.1. The van der Waals surface area contributed by atoms with Crippen molar-refractivity contribution in [3.8, 4) is 11.8 Å². The Balaban J connectivity index is 1.25. The molecule has 0 N–H and O–H groups in total. The lowest BCUT2D eigenvalue weighted by atomic mass is 10.0. The molecule has 0 aliphatic heterocycles. The largest absolute Gasteiger partial charge is 0.308 e. The zero-order chi connectivity index (χ0) is 34.4. The van der Waals surface area contributed by atoms with E-state index in [2.05, 4.69) is 177 Å². The molecule has 5 aromatic heterocycles. The molecule has 0 atom stereocenters. The van der Waals surface area contributed by atoms with E-state index in [9.17, 15) is 0 Å². The third-order valence-corrected chi connectivity index (χ3v) is 11.5. The number of benzene rings is 8. The van der Waals surface area contributed by atoms with Gasteiger partial charge in [-0.05, 0) is 65.4 Å². The maximum atomic E-state index is 5.60. The van der Waals surface area contributed by atoms with E-state index in [4.69, 9.17) is 9.97 Å². The summed E-state index contributed by atoms with van der Waals surface area (Å²) in [4.78, 5) is 10.9. The quantitative estimate of drug-likeness (QED) is 0.183. The van der Waals surface area contributed by atoms with Gasteiger partial charge in [-0.1, -0.05) is 109 Å². The summed E-state index contributed by atoms with van der Waals surface area (Å²) in [5.41, 5.74) is 9.04. The van der Waals surface area contributed by atoms with E-state index in [1.54, 1.807) is 0 Å². The number of nitrogens with zero attached hydrogens (tertiary/aromatic N) is 5. The molecule has 0 amide bonds. The van der Waals surface area contributed by atoms with E-state index < -0.39 is 0 Å². The smallest absolute Gasteiger partial charge is 0.237 e. The Hall–Kier alpha value is -7.24. The second kappa shape index (κ2) is 9.75. The maximum absolute atomic E-state index is 5.60. The molecule has 0 fully saturated rings. The summed E-state index contributed by atoms with van der Waals surface area (Å²) >= 11 is 0. The molecule has 5 heteroatoms. The van der Waals surface area contributed by atoms with Gasteiger partial charge in [0.1, 0.15) is 0 Å². The van der Waals surface area contributed by atoms with Gasteiger partial charge < -0.3 is 4.40 Å². The van der Waals surface area contributed by atoms with Gasteiger partial charge in [-0.15, -0.1) is 0 Å². The molecule has 13 rings (SSSR count). The fraction of sp³-hybridized carbons (Fsp3) is 0. The van der Waals surface area contributed by atoms with Crippen LogP contribution < -0.4 is 0 Å². The predicted molar refractivity (Wildman–Crippen MR) is 220 cm³/mol. The highest BCUT2D eigenvalue weighted by atomic mass is 15.2. The van der Waals surface area contributed by atoms with Crippen molar-refractivity contribution >= 4 is 103 Å². The van der Waals surface area contributed by atoms with Gasteiger partial charge in [-0.25, -0.2) is 4.98 Å². The van der Waals surface area contributed by atoms with Gasteiger partial charge in [0.05, 0.1) is 44.1 Å². The van der Waals surface area contributed by atoms with Crippen LogP contribution in [0.4, 0.5) is 0 Å². The molecule has 0 bridgehead atoms. The lowest BCUT2D eigenvalue weighted by molar-refractivity contribution is 0.973. The van der Waals surface area contributed by atoms with Crippen LogP contribution in [0.25, 0.3) is 115 Å². The van der Waals surface area contributed by atoms with Crippen LogP contribution >= 0.6 is 0 Å². The van der Waals surface area contributed by atoms with Crippen molar-refractivity contribution in [3.05, 3.63) is 164 Å². The van der Waals surface area contributed by atoms with Crippen LogP contribution in [-0.2, 0) is 0 Å². The van der Waals surface area contributed by atoms with Gasteiger partial charge in [0.2, 0.25) is 5.95 Å². The third-order valence-electron chi connectivity index (χ3n) is 11.5. The van der Waals surface area contributed by atoms with Gasteiger partial charge in [0, 0.05) is 48.5 Å². The number of para-hydroxylation sites is 5. The maximum Gasteiger partial charge on any atom is 0.237 e. The Morgan fingerprint density at radius 3 is 1.58 bits per heavy atom. The first-order valence-electron chi connectivity index (χ1n) is 18.1. The van der Waals surface area contributed by atoms with Crippen LogP contribution in [0.3, 0.4) is 0 Å². The molecule has 8 aromatic carbocycles. The molecule has 0 saturated carbocycles. The summed E-state index contributed by atoms with van der Waals surface area (Å²) < 4.78 is 7.13. The molecule has 53 heavy (non-hydrogen) atoms. The SMILES string of the molecule is c1ccc2cc3c(cc2c1)c1cc2c4ccccc4n(-c4nc(-n5c6ccccc6c6ccccc65)nc5ccccc45)c2c2c4ccccc4n3c12. The van der Waals surface area contributed by atoms with E-state index in [1.807, 2.05) is 0 Å². The summed E-state index contributed by atoms with van der Waals surface area (Å²) in [7, 11) is 0. The van der Waals surface area contributed by atoms with Crippen molar-refractivity contribution < 1.29 is 0 Å². The zero-order valence-electron chi connectivity index (χ0n) is 28.3. The monoisotopic (exact) mass is 673 g/mol. The molecular formula is C48H27N5. The van der Waals surface area contributed by atoms with Gasteiger partial charge >= 0.3 is 0 Å². The van der Waals surface area contributed by atoms with Gasteiger partial charge in [-0.2, -0.15) is 4.98 Å². The van der Waals surface area contributed by atoms with Crippen LogP contribution in [0.5, 0.6) is 0 Å². The van der Waals surface area contributed by atoms with Crippen LogP contribution in [0.1, 0.15) is 0 Å². The average molecular weight is 674 g/mol. The fourth-order valence-electron chi connectivity index (χ4n) is 9.37. The van der Waals surface area contributed by atoms with Crippen molar-refractivity contribution in [3.63, 3.8) is 0 Å². The summed E-state index contributed by atoms with van der Waals surface area (Å²) in [5, 5.41) is 13.3. The van der Waals surface area contributed by atoms with Crippen molar-refractivity contribution in [1.29, 1.82) is 0 Å². The van der Waals surface area contributed by atoms with Crippen LogP contribution in [0.2, 0.25) is 0 Å². The molecule has 0 saturated heterocycles. The van der Waals surface area contributed by atoms with E-state index in [1.165, 1.54) is 70.4 Å². The summed E-state index contributed by atoms with van der Waals surface area (Å²) in [6.45, 7) is 0. The first kappa shape index (κ1) is 27.5. The highest BCUT2D eigenvalue weighted by Crippen LogP contribution is 2.47. The second-order valence-corrected chi connectivity index (χ2v) is 14.2. The van der Waals surface area contributed by atoms with E-state index in [0.29, 0.717) is 5.95 Å². The minimum absolute atomic E-state index is 0.653. The van der Waals surface area contributed by atoms with E-state index >= 15 is 0 Å². The second-order valence-electron chi connectivity index (χ2n) is 14.2. The van der Waals surface area contributed by atoms with Crippen molar-refractivity contribution in [1.82, 2.24) is 23.5 Å². The van der Waals surface area contributed by atoms with Crippen molar-refractivity contribution in [2.24, 2.45) is 0 Å². The molecule has 0 aliphatic carbocycles. The summed E-state index contributed by atoms with van der Waals surface area (Å²) in [6.07, 6.45) is 0. The molecule has 5 heterocycles. The Bertz CT molecular complexity index is 3640. The third kappa shape index (κ3) is 3.42. The molecule has 0 spiro atoms. The highest BCUT2D eigenvalue weighted by molar-refractivity contribution is 6.34. The van der Waals surface area contributed by atoms with Crippen LogP contribution in [-0.4, -0.2) is 23.5 Å². The molecule has 0 aliphatic rings. The Morgan fingerprint density at radius 2 is 0.868 bits per heavy atom. The van der Waals surface area contributed by atoms with Crippen LogP contribution in [0, 0.1) is 0 Å². The Labute approximate surface area is 301 Å². The Morgan fingerprint density at radius 1 is 0.340 bits per heavy atom. The highest BCUT2D eigenvalue weighted by Gasteiger charge is 2.26. The number of fused-ring (bicyclic) bond motifs is 15. The number of hydrogen-bond donors (Lipinski definition) is 0. The molecule has 244 valence electrons. The Kier molecular flexibility index (Phi) is 5.06. The number of rotatable bonds is 2. The standard InChI is InChI=1S/C48H27N5/c1-2-14-29-26-43-35(25-28(29)13-1)37-27-36-32-17-6-11-23-41(32)53(46(36)44-34-19-7-12-24-42(34)51(43)45(37)44)47-33-18-3-8-20-38(33)49-48(50-47)52-39-21-9-4-15-30(39)31-16-5-10-22-40(31)52/h1-27H. The normalized spacial score (nSPS) is 12.5. The minimum atomic E-state index is 0.653. The average Bonchev–Trinajstić information content (AvgIpc) is 3.93. The molecule has 0 radical (unpaired) electrons. The number of hydrogen-bond acceptors (Lipinski definition) is 2. The fourth-order valence-corrected chi connectivity index (χ4v) is 9.37. The first-order chi connectivity index (χ1) is 26.3. The van der Waals surface area contributed by atoms with Crippen molar-refractivity contribution in [2.45, 2.75) is 0 Å². The summed E-state index contributed by atoms with van der Waals surface area (Å²) in [5.74, 6) is 1.52. The van der Waals surface area contributed by atoms with Crippen molar-refractivity contribution in [2.75, 3.05) is 0 Å². The van der Waals surface area contributed by atoms with Gasteiger partial charge in [-0.3, -0.25) is 9.13 Å². The van der Waals surface area contributed by atoms with Gasteiger partial charge in [0.25, 0.3) is 0 Å². The molecular weight excluding hydrogens is 647 g/mol. The first-order valence-corrected chi connectivity index (χ1v) is 18.1. The molecule has 0 unspecified atom stereocenters. The number of aromatic nitrogens is 5. The topological polar surface area (TPSA) is 40.0 Å². The van der Waals surface area contributed by atoms with E-state index in [-0.39, 0.29) is 0 Å².